The first-order valence-corrected chi connectivity index (χ1v) is 17.0. The molecule has 0 saturated carbocycles. The molecule has 13 heteroatoms. The fraction of sp³-hybridized carbons (Fsp3) is 0.353. The van der Waals surface area contributed by atoms with Gasteiger partial charge in [0.25, 0.3) is 10.1 Å². The molecule has 0 saturated heterocycles. The Balaban J connectivity index is 0.876. The molecule has 250 valence electrons. The molecule has 0 aliphatic rings. The van der Waals surface area contributed by atoms with Crippen molar-refractivity contribution in [1.82, 2.24) is 14.5 Å². The van der Waals surface area contributed by atoms with E-state index in [-0.39, 0.29) is 18.1 Å². The minimum Gasteiger partial charge on any atom is -0.475 e. The Morgan fingerprint density at radius 3 is 1.96 bits per heavy atom. The molecule has 0 aliphatic carbocycles. The van der Waals surface area contributed by atoms with Gasteiger partial charge in [0.15, 0.2) is 0 Å². The van der Waals surface area contributed by atoms with Crippen LogP contribution in [-0.2, 0) is 40.3 Å². The van der Waals surface area contributed by atoms with Crippen LogP contribution in [0.4, 0.5) is 0 Å². The molecule has 0 amide bonds. The van der Waals surface area contributed by atoms with Gasteiger partial charge in [-0.15, -0.1) is 0 Å². The molecule has 3 aromatic heterocycles. The third kappa shape index (κ3) is 9.48. The summed E-state index contributed by atoms with van der Waals surface area (Å²) in [6, 6.07) is 16.6. The van der Waals surface area contributed by atoms with Crippen LogP contribution in [0.1, 0.15) is 5.56 Å². The third-order valence-corrected chi connectivity index (χ3v) is 8.90. The maximum absolute atomic E-state index is 12.1. The summed E-state index contributed by atoms with van der Waals surface area (Å²) >= 11 is 6.41. The van der Waals surface area contributed by atoms with Crippen molar-refractivity contribution in [2.24, 2.45) is 7.05 Å². The van der Waals surface area contributed by atoms with Gasteiger partial charge in [0.1, 0.15) is 6.61 Å². The monoisotopic (exact) mass is 683 g/mol. The summed E-state index contributed by atoms with van der Waals surface area (Å²) in [7, 11) is -1.78. The van der Waals surface area contributed by atoms with E-state index in [0.29, 0.717) is 63.8 Å². The van der Waals surface area contributed by atoms with Crippen LogP contribution in [0.3, 0.4) is 0 Å². The van der Waals surface area contributed by atoms with E-state index in [1.54, 1.807) is 24.5 Å². The summed E-state index contributed by atoms with van der Waals surface area (Å²) in [5.74, 6) is 0.526. The van der Waals surface area contributed by atoms with Crippen LogP contribution in [0, 0.1) is 6.92 Å². The number of aromatic nitrogens is 3. The lowest BCUT2D eigenvalue weighted by atomic mass is 10.1. The second kappa shape index (κ2) is 17.0. The molecule has 0 spiro atoms. The number of fused-ring (bicyclic) bond motifs is 3. The van der Waals surface area contributed by atoms with E-state index in [2.05, 4.69) is 32.7 Å². The zero-order chi connectivity index (χ0) is 33.1. The third-order valence-electron chi connectivity index (χ3n) is 7.30. The Kier molecular flexibility index (Phi) is 12.5. The molecule has 3 heterocycles. The zero-order valence-electron chi connectivity index (χ0n) is 26.4. The topological polar surface area (TPSA) is 120 Å². The molecule has 0 radical (unpaired) electrons. The molecule has 47 heavy (non-hydrogen) atoms. The quantitative estimate of drug-likeness (QED) is 0.0803. The molecule has 0 fully saturated rings. The van der Waals surface area contributed by atoms with E-state index >= 15 is 0 Å². The Morgan fingerprint density at radius 2 is 1.32 bits per heavy atom. The maximum Gasteiger partial charge on any atom is 0.297 e. The molecule has 2 aromatic carbocycles. The lowest BCUT2D eigenvalue weighted by Gasteiger charge is -2.09. The van der Waals surface area contributed by atoms with E-state index in [0.717, 1.165) is 38.5 Å². The first-order valence-electron chi connectivity index (χ1n) is 15.2. The molecule has 0 unspecified atom stereocenters. The largest absolute Gasteiger partial charge is 0.475 e. The highest BCUT2D eigenvalue weighted by Gasteiger charge is 2.15. The predicted octanol–water partition coefficient (Wildman–Crippen LogP) is 5.60. The van der Waals surface area contributed by atoms with Crippen molar-refractivity contribution in [3.8, 4) is 17.0 Å². The molecule has 0 bridgehead atoms. The lowest BCUT2D eigenvalue weighted by Crippen LogP contribution is -2.15. The SMILES string of the molecule is Cc1ccc(S(=O)(=O)OCCOCCOCCOCCOCCOc2ccc(-c3ccc4c5cncc(Cl)c5n(C)c4c3)cn2)cc1. The van der Waals surface area contributed by atoms with E-state index in [9.17, 15) is 8.42 Å². The number of hydrogen-bond acceptors (Lipinski definition) is 10. The van der Waals surface area contributed by atoms with Gasteiger partial charge in [-0.1, -0.05) is 41.4 Å². The van der Waals surface area contributed by atoms with Crippen molar-refractivity contribution >= 4 is 43.5 Å². The fourth-order valence-corrected chi connectivity index (χ4v) is 6.06. The van der Waals surface area contributed by atoms with Gasteiger partial charge in [-0.2, -0.15) is 8.42 Å². The van der Waals surface area contributed by atoms with Crippen LogP contribution in [0.15, 0.2) is 78.1 Å². The second-order valence-electron chi connectivity index (χ2n) is 10.6. The number of ether oxygens (including phenoxy) is 5. The number of hydrogen-bond donors (Lipinski definition) is 0. The van der Waals surface area contributed by atoms with Gasteiger partial charge in [-0.25, -0.2) is 4.98 Å². The van der Waals surface area contributed by atoms with E-state index in [1.807, 2.05) is 32.3 Å². The van der Waals surface area contributed by atoms with Crippen LogP contribution in [0.25, 0.3) is 32.9 Å². The summed E-state index contributed by atoms with van der Waals surface area (Å²) in [5, 5.41) is 2.76. The van der Waals surface area contributed by atoms with Crippen LogP contribution in [0.5, 0.6) is 5.88 Å². The highest BCUT2D eigenvalue weighted by Crippen LogP contribution is 2.34. The zero-order valence-corrected chi connectivity index (χ0v) is 28.0. The Bertz CT molecular complexity index is 1850. The van der Waals surface area contributed by atoms with Crippen LogP contribution in [0.2, 0.25) is 5.02 Å². The Labute approximate surface area is 279 Å². The number of benzene rings is 2. The van der Waals surface area contributed by atoms with Crippen LogP contribution < -0.4 is 4.74 Å². The smallest absolute Gasteiger partial charge is 0.297 e. The Hall–Kier alpha value is -3.62. The van der Waals surface area contributed by atoms with Crippen molar-refractivity contribution in [3.05, 3.63) is 83.8 Å². The predicted molar refractivity (Wildman–Crippen MR) is 180 cm³/mol. The highest BCUT2D eigenvalue weighted by atomic mass is 35.5. The van der Waals surface area contributed by atoms with Crippen molar-refractivity contribution < 1.29 is 36.3 Å². The van der Waals surface area contributed by atoms with Crippen LogP contribution >= 0.6 is 11.6 Å². The first kappa shape index (κ1) is 34.7. The summed E-state index contributed by atoms with van der Waals surface area (Å²) in [4.78, 5) is 8.82. The molecule has 5 rings (SSSR count). The summed E-state index contributed by atoms with van der Waals surface area (Å²) in [5.41, 5.74) is 5.04. The molecule has 11 nitrogen and oxygen atoms in total. The molecule has 0 aliphatic heterocycles. The second-order valence-corrected chi connectivity index (χ2v) is 12.6. The van der Waals surface area contributed by atoms with Crippen molar-refractivity contribution in [2.75, 3.05) is 66.1 Å². The molecular formula is C34H38ClN3O8S. The minimum absolute atomic E-state index is 0.0631. The minimum atomic E-state index is -3.78. The first-order chi connectivity index (χ1) is 22.8. The summed E-state index contributed by atoms with van der Waals surface area (Å²) < 4.78 is 58.9. The van der Waals surface area contributed by atoms with Crippen molar-refractivity contribution in [2.45, 2.75) is 11.8 Å². The van der Waals surface area contributed by atoms with Gasteiger partial charge in [0, 0.05) is 53.6 Å². The number of nitrogens with zero attached hydrogens (tertiary/aromatic N) is 3. The standard InChI is InChI=1S/C34H38ClN3O8S/c1-25-3-7-28(8-4-25)47(39,40)46-20-18-44-16-14-42-12-11-41-13-15-43-17-19-45-33-10-6-27(22-37-33)26-5-9-29-30-23-36-24-31(35)34(30)38(2)32(29)21-26/h3-10,21-24H,11-20H2,1-2H3. The maximum atomic E-state index is 12.1. The molecule has 0 atom stereocenters. The number of rotatable bonds is 19. The van der Waals surface area contributed by atoms with Gasteiger partial charge < -0.3 is 28.3 Å². The molecule has 0 N–H and O–H groups in total. The summed E-state index contributed by atoms with van der Waals surface area (Å²) in [6.07, 6.45) is 5.31. The lowest BCUT2D eigenvalue weighted by molar-refractivity contribution is -0.00693. The average Bonchev–Trinajstić information content (AvgIpc) is 3.36. The van der Waals surface area contributed by atoms with Gasteiger partial charge in [0.05, 0.1) is 74.9 Å². The van der Waals surface area contributed by atoms with Gasteiger partial charge in [-0.05, 0) is 36.8 Å². The van der Waals surface area contributed by atoms with Gasteiger partial charge in [0.2, 0.25) is 5.88 Å². The van der Waals surface area contributed by atoms with Gasteiger partial charge >= 0.3 is 0 Å². The number of aryl methyl sites for hydroxylation is 2. The number of halogens is 1. The average molecular weight is 684 g/mol. The highest BCUT2D eigenvalue weighted by molar-refractivity contribution is 7.86. The Morgan fingerprint density at radius 1 is 0.702 bits per heavy atom. The fourth-order valence-electron chi connectivity index (χ4n) is 4.88. The summed E-state index contributed by atoms with van der Waals surface area (Å²) in [6.45, 7) is 5.13. The van der Waals surface area contributed by atoms with Crippen molar-refractivity contribution in [1.29, 1.82) is 0 Å². The van der Waals surface area contributed by atoms with E-state index in [4.69, 9.17) is 39.5 Å². The van der Waals surface area contributed by atoms with E-state index < -0.39 is 10.1 Å². The van der Waals surface area contributed by atoms with E-state index in [1.165, 1.54) is 12.1 Å². The normalized spacial score (nSPS) is 11.9. The van der Waals surface area contributed by atoms with Crippen molar-refractivity contribution in [3.63, 3.8) is 0 Å². The molecular weight excluding hydrogens is 646 g/mol. The van der Waals surface area contributed by atoms with Gasteiger partial charge in [-0.3, -0.25) is 9.17 Å². The molecule has 5 aromatic rings. The number of pyridine rings is 2. The van der Waals surface area contributed by atoms with Crippen LogP contribution in [-0.4, -0.2) is 89.0 Å².